The minimum Gasteiger partial charge on any atom is -0.493 e. The molecule has 0 unspecified atom stereocenters. The topological polar surface area (TPSA) is 96.9 Å². The first-order valence-corrected chi connectivity index (χ1v) is 16.6. The second-order valence-electron chi connectivity index (χ2n) is 12.5. The number of rotatable bonds is 9. The molecule has 9 nitrogen and oxygen atoms in total. The zero-order chi connectivity index (χ0) is 34.5. The fraction of sp³-hybridized carbons (Fsp3) is 0.275. The molecule has 0 saturated carbocycles. The molecule has 0 spiro atoms. The summed E-state index contributed by atoms with van der Waals surface area (Å²) < 4.78 is 12.3. The summed E-state index contributed by atoms with van der Waals surface area (Å²) in [5.41, 5.74) is 5.76. The van der Waals surface area contributed by atoms with Crippen LogP contribution in [0, 0.1) is 0 Å². The Morgan fingerprint density at radius 3 is 2.41 bits per heavy atom. The third kappa shape index (κ3) is 7.37. The summed E-state index contributed by atoms with van der Waals surface area (Å²) in [7, 11) is 6.67. The maximum atomic E-state index is 13.6. The number of likely N-dealkylation sites (N-methyl/N-ethyl adjacent to an activating group) is 1. The molecule has 0 saturated heterocycles. The van der Waals surface area contributed by atoms with E-state index in [9.17, 15) is 14.4 Å². The van der Waals surface area contributed by atoms with Crippen LogP contribution in [-0.4, -0.2) is 54.7 Å². The van der Waals surface area contributed by atoms with E-state index in [2.05, 4.69) is 34.1 Å². The first kappa shape index (κ1) is 33.5. The Kier molecular flexibility index (Phi) is 10.1. The zero-order valence-electron chi connectivity index (χ0n) is 28.5. The molecule has 2 aliphatic rings. The highest BCUT2D eigenvalue weighted by atomic mass is 16.5. The van der Waals surface area contributed by atoms with Crippen LogP contribution in [0.1, 0.15) is 35.1 Å². The molecule has 6 rings (SSSR count). The lowest BCUT2D eigenvalue weighted by molar-refractivity contribution is -0.114. The predicted octanol–water partition coefficient (Wildman–Crippen LogP) is 3.61. The van der Waals surface area contributed by atoms with Crippen LogP contribution in [0.15, 0.2) is 100 Å². The maximum absolute atomic E-state index is 13.6. The summed E-state index contributed by atoms with van der Waals surface area (Å²) in [6.07, 6.45) is 10.4. The summed E-state index contributed by atoms with van der Waals surface area (Å²) in [6.45, 7) is 2.91. The normalized spacial score (nSPS) is 15.8. The highest BCUT2D eigenvalue weighted by molar-refractivity contribution is 6.08. The predicted molar refractivity (Wildman–Crippen MR) is 194 cm³/mol. The number of amides is 1. The number of aromatic amines is 1. The van der Waals surface area contributed by atoms with Crippen molar-refractivity contribution in [3.8, 4) is 11.5 Å². The number of anilines is 1. The average molecular weight is 659 g/mol. The van der Waals surface area contributed by atoms with Crippen LogP contribution >= 0.6 is 0 Å². The lowest BCUT2D eigenvalue weighted by Crippen LogP contribution is -2.53. The van der Waals surface area contributed by atoms with E-state index >= 15 is 0 Å². The van der Waals surface area contributed by atoms with Gasteiger partial charge in [-0.25, -0.2) is 0 Å². The third-order valence-corrected chi connectivity index (χ3v) is 9.35. The number of benzene rings is 3. The molecule has 2 heterocycles. The molecule has 0 fully saturated rings. The maximum Gasteiger partial charge on any atom is 0.274 e. The van der Waals surface area contributed by atoms with Crippen molar-refractivity contribution in [3.05, 3.63) is 144 Å². The molecule has 0 bridgehead atoms. The van der Waals surface area contributed by atoms with Gasteiger partial charge in [0.1, 0.15) is 10.7 Å². The number of aryl methyl sites for hydroxylation is 1. The minimum absolute atomic E-state index is 0.188. The van der Waals surface area contributed by atoms with Gasteiger partial charge in [0, 0.05) is 38.4 Å². The molecular weight excluding hydrogens is 616 g/mol. The van der Waals surface area contributed by atoms with Gasteiger partial charge in [-0.2, -0.15) is 0 Å². The Morgan fingerprint density at radius 2 is 1.69 bits per heavy atom. The van der Waals surface area contributed by atoms with E-state index < -0.39 is 0 Å². The Balaban J connectivity index is 1.11. The Morgan fingerprint density at radius 1 is 0.980 bits per heavy atom. The molecule has 9 heteroatoms. The van der Waals surface area contributed by atoms with Gasteiger partial charge in [-0.1, -0.05) is 54.6 Å². The lowest BCUT2D eigenvalue weighted by atomic mass is 9.98. The highest BCUT2D eigenvalue weighted by Crippen LogP contribution is 2.33. The number of nitrogens with one attached hydrogen (secondary N) is 1. The number of hydrogen-bond acceptors (Lipinski definition) is 6. The number of carbonyl (C=O) groups is 1. The van der Waals surface area contributed by atoms with Crippen molar-refractivity contribution >= 4 is 23.2 Å². The van der Waals surface area contributed by atoms with Crippen molar-refractivity contribution < 1.29 is 14.3 Å². The van der Waals surface area contributed by atoms with Crippen LogP contribution in [0.5, 0.6) is 11.5 Å². The molecule has 1 amide bonds. The van der Waals surface area contributed by atoms with Gasteiger partial charge in [-0.15, -0.1) is 0 Å². The first-order chi connectivity index (χ1) is 23.7. The fourth-order valence-electron chi connectivity index (χ4n) is 6.50. The first-order valence-electron chi connectivity index (χ1n) is 16.6. The highest BCUT2D eigenvalue weighted by Gasteiger charge is 2.20. The molecule has 0 atom stereocenters. The van der Waals surface area contributed by atoms with Crippen molar-refractivity contribution in [2.75, 3.05) is 39.3 Å². The van der Waals surface area contributed by atoms with Gasteiger partial charge in [-0.05, 0) is 96.5 Å². The van der Waals surface area contributed by atoms with Crippen LogP contribution in [0.25, 0.3) is 11.6 Å². The molecule has 4 aromatic rings. The van der Waals surface area contributed by atoms with Crippen molar-refractivity contribution in [2.24, 2.45) is 7.05 Å². The molecular formula is C40H42N4O5. The van der Waals surface area contributed by atoms with E-state index in [4.69, 9.17) is 9.47 Å². The zero-order valence-corrected chi connectivity index (χ0v) is 28.5. The second kappa shape index (κ2) is 14.8. The Bertz CT molecular complexity index is 2160. The number of nitrogens with zero attached hydrogens (tertiary/aromatic N) is 3. The molecule has 1 aliphatic heterocycles. The number of fused-ring (bicyclic) bond motifs is 1. The van der Waals surface area contributed by atoms with E-state index in [1.54, 1.807) is 51.4 Å². The lowest BCUT2D eigenvalue weighted by Gasteiger charge is -2.29. The smallest absolute Gasteiger partial charge is 0.274 e. The molecule has 252 valence electrons. The van der Waals surface area contributed by atoms with E-state index in [1.165, 1.54) is 21.3 Å². The van der Waals surface area contributed by atoms with Gasteiger partial charge < -0.3 is 23.9 Å². The van der Waals surface area contributed by atoms with Gasteiger partial charge in [0.2, 0.25) is 0 Å². The van der Waals surface area contributed by atoms with Crippen molar-refractivity contribution in [3.63, 3.8) is 0 Å². The summed E-state index contributed by atoms with van der Waals surface area (Å²) >= 11 is 0. The molecule has 1 aliphatic carbocycles. The second-order valence-corrected chi connectivity index (χ2v) is 12.5. The van der Waals surface area contributed by atoms with Gasteiger partial charge in [-0.3, -0.25) is 19.3 Å². The molecule has 49 heavy (non-hydrogen) atoms. The van der Waals surface area contributed by atoms with Crippen molar-refractivity contribution in [1.29, 1.82) is 0 Å². The third-order valence-electron chi connectivity index (χ3n) is 9.35. The molecule has 1 aromatic heterocycles. The monoisotopic (exact) mass is 658 g/mol. The van der Waals surface area contributed by atoms with Crippen LogP contribution in [0.4, 0.5) is 5.69 Å². The van der Waals surface area contributed by atoms with E-state index in [0.717, 1.165) is 61.6 Å². The molecule has 3 aromatic carbocycles. The molecule has 0 radical (unpaired) electrons. The number of allylic oxidation sites excluding steroid dienone is 2. The van der Waals surface area contributed by atoms with Crippen molar-refractivity contribution in [2.45, 2.75) is 32.2 Å². The summed E-state index contributed by atoms with van der Waals surface area (Å²) in [5.74, 6) is 1.35. The number of carbonyl (C=O) groups excluding carboxylic acids is 1. The number of aromatic nitrogens is 2. The van der Waals surface area contributed by atoms with Gasteiger partial charge in [0.25, 0.3) is 17.0 Å². The minimum atomic E-state index is -0.371. The molecule has 1 N–H and O–H groups in total. The largest absolute Gasteiger partial charge is 0.493 e. The van der Waals surface area contributed by atoms with Gasteiger partial charge in [0.15, 0.2) is 11.5 Å². The van der Waals surface area contributed by atoms with Gasteiger partial charge >= 0.3 is 0 Å². The summed E-state index contributed by atoms with van der Waals surface area (Å²) in [6, 6.07) is 21.7. The average Bonchev–Trinajstić information content (AvgIpc) is 3.14. The standard InChI is InChI=1S/C40H42N4O5/c1-42(33-17-15-27(16-18-33)12-9-20-44-21-19-29-24-35(48-3)36(49-4)25-32(29)26-44)39(46)31-14-8-13-30(23-31)37-40(47)43(2)34(38(45)41-37)22-28-10-6-5-7-11-28/h5-8,10-11,14-18,22-25H,9,12-13,19-21,26H2,1-4H3,(H,41,45)/b34-22-,37-30-. The SMILES string of the molecule is COc1cc2c(cc1OC)CN(CCCc1ccc(N(C)C(=O)C3=C/C(=c4\[nH]c(=O)/c(=C/c5ccccc5)n(C)c4=O)CC=C3)cc1)CC2. The summed E-state index contributed by atoms with van der Waals surface area (Å²) in [5, 5.41) is 0.447. The van der Waals surface area contributed by atoms with Crippen LogP contribution in [0.3, 0.4) is 0 Å². The van der Waals surface area contributed by atoms with E-state index in [-0.39, 0.29) is 27.7 Å². The Hall–Kier alpha value is -5.41. The van der Waals surface area contributed by atoms with E-state index in [0.29, 0.717) is 17.6 Å². The number of hydrogen-bond donors (Lipinski definition) is 1. The number of H-pyrrole nitrogens is 1. The Labute approximate surface area is 285 Å². The van der Waals surface area contributed by atoms with Crippen LogP contribution < -0.4 is 36.2 Å². The quantitative estimate of drug-likeness (QED) is 0.295. The van der Waals surface area contributed by atoms with Crippen LogP contribution in [-0.2, 0) is 31.2 Å². The van der Waals surface area contributed by atoms with Crippen LogP contribution in [0.2, 0.25) is 0 Å². The number of ether oxygens (including phenoxy) is 2. The van der Waals surface area contributed by atoms with Crippen molar-refractivity contribution in [1.82, 2.24) is 14.5 Å². The van der Waals surface area contributed by atoms with E-state index in [1.807, 2.05) is 48.5 Å². The number of methoxy groups -OCH3 is 2. The van der Waals surface area contributed by atoms with Gasteiger partial charge in [0.05, 0.1) is 14.2 Å². The summed E-state index contributed by atoms with van der Waals surface area (Å²) in [4.78, 5) is 46.8. The fourth-order valence-corrected chi connectivity index (χ4v) is 6.50.